The molecule has 0 saturated carbocycles. The molecule has 0 N–H and O–H groups in total. The number of hydrogen-bond acceptors (Lipinski definition) is 3. The van der Waals surface area contributed by atoms with Crippen LogP contribution in [0, 0.1) is 0 Å². The number of methoxy groups -OCH3 is 1. The number of carbonyl (C=O) groups excluding carboxylic acids is 1. The molecule has 2 rings (SSSR count). The molecule has 0 heterocycles. The van der Waals surface area contributed by atoms with Crippen molar-refractivity contribution in [2.75, 3.05) is 13.7 Å². The van der Waals surface area contributed by atoms with E-state index in [2.05, 4.69) is 13.0 Å². The van der Waals surface area contributed by atoms with E-state index in [9.17, 15) is 4.79 Å². The van der Waals surface area contributed by atoms with Gasteiger partial charge in [-0.25, -0.2) is 0 Å². The van der Waals surface area contributed by atoms with Crippen LogP contribution in [0.3, 0.4) is 0 Å². The Morgan fingerprint density at radius 1 is 0.750 bits per heavy atom. The Kier molecular flexibility index (Phi) is 12.9. The largest absolute Gasteiger partial charge is 0.497 e. The smallest absolute Gasteiger partial charge is 0.313 e. The molecule has 0 spiro atoms. The standard InChI is InChI=1S/C29H44O3/c1-4-5-6-7-8-9-10-11-12-13-14-15-16-21-32-29(30)24(2)25-17-18-27-23-28(31-3)20-19-26(27)22-25/h17-20,22-24H,4-16,21H2,1-3H3. The van der Waals surface area contributed by atoms with Gasteiger partial charge in [0.15, 0.2) is 0 Å². The Morgan fingerprint density at radius 2 is 1.28 bits per heavy atom. The second kappa shape index (κ2) is 15.7. The fourth-order valence-electron chi connectivity index (χ4n) is 4.19. The van der Waals surface area contributed by atoms with Gasteiger partial charge in [0.2, 0.25) is 0 Å². The molecule has 1 unspecified atom stereocenters. The zero-order chi connectivity index (χ0) is 23.0. The van der Waals surface area contributed by atoms with Crippen LogP contribution in [0.2, 0.25) is 0 Å². The predicted octanol–water partition coefficient (Wildman–Crippen LogP) is 8.59. The second-order valence-electron chi connectivity index (χ2n) is 9.10. The number of unbranched alkanes of at least 4 members (excludes halogenated alkanes) is 12. The highest BCUT2D eigenvalue weighted by Gasteiger charge is 2.17. The molecule has 3 nitrogen and oxygen atoms in total. The topological polar surface area (TPSA) is 35.5 Å². The Morgan fingerprint density at radius 3 is 1.88 bits per heavy atom. The maximum absolute atomic E-state index is 12.5. The SMILES string of the molecule is CCCCCCCCCCCCCCCOC(=O)C(C)c1ccc2cc(OC)ccc2c1. The molecule has 0 radical (unpaired) electrons. The highest BCUT2D eigenvalue weighted by Crippen LogP contribution is 2.26. The van der Waals surface area contributed by atoms with E-state index in [0.29, 0.717) is 6.61 Å². The van der Waals surface area contributed by atoms with Crippen LogP contribution in [0.25, 0.3) is 10.8 Å². The van der Waals surface area contributed by atoms with Crippen LogP contribution in [-0.2, 0) is 9.53 Å². The normalized spacial score (nSPS) is 12.1. The first-order chi connectivity index (χ1) is 15.7. The highest BCUT2D eigenvalue weighted by molar-refractivity contribution is 5.86. The average Bonchev–Trinajstić information content (AvgIpc) is 2.82. The third-order valence-corrected chi connectivity index (χ3v) is 6.42. The summed E-state index contributed by atoms with van der Waals surface area (Å²) in [6.07, 6.45) is 17.2. The van der Waals surface area contributed by atoms with Crippen LogP contribution in [0.5, 0.6) is 5.75 Å². The minimum atomic E-state index is -0.247. The third-order valence-electron chi connectivity index (χ3n) is 6.42. The maximum atomic E-state index is 12.5. The summed E-state index contributed by atoms with van der Waals surface area (Å²) in [6, 6.07) is 12.1. The molecule has 178 valence electrons. The molecule has 3 heteroatoms. The van der Waals surface area contributed by atoms with Gasteiger partial charge in [-0.3, -0.25) is 4.79 Å². The van der Waals surface area contributed by atoms with Crippen LogP contribution < -0.4 is 4.74 Å². The van der Waals surface area contributed by atoms with E-state index in [-0.39, 0.29) is 11.9 Å². The summed E-state index contributed by atoms with van der Waals surface area (Å²) in [7, 11) is 1.67. The van der Waals surface area contributed by atoms with Crippen molar-refractivity contribution in [3.05, 3.63) is 42.0 Å². The summed E-state index contributed by atoms with van der Waals surface area (Å²) in [6.45, 7) is 4.73. The van der Waals surface area contributed by atoms with Gasteiger partial charge in [-0.15, -0.1) is 0 Å². The lowest BCUT2D eigenvalue weighted by Gasteiger charge is -2.13. The van der Waals surface area contributed by atoms with Crippen LogP contribution in [0.15, 0.2) is 36.4 Å². The first-order valence-corrected chi connectivity index (χ1v) is 12.9. The van der Waals surface area contributed by atoms with Crippen molar-refractivity contribution in [1.82, 2.24) is 0 Å². The van der Waals surface area contributed by atoms with E-state index in [1.807, 2.05) is 37.3 Å². The van der Waals surface area contributed by atoms with Gasteiger partial charge in [-0.05, 0) is 41.8 Å². The lowest BCUT2D eigenvalue weighted by atomic mass is 9.98. The van der Waals surface area contributed by atoms with Gasteiger partial charge in [0.05, 0.1) is 19.6 Å². The number of benzene rings is 2. The number of rotatable bonds is 17. The van der Waals surface area contributed by atoms with E-state index >= 15 is 0 Å². The molecule has 0 amide bonds. The molecule has 0 aliphatic heterocycles. The minimum absolute atomic E-state index is 0.128. The molecule has 32 heavy (non-hydrogen) atoms. The zero-order valence-electron chi connectivity index (χ0n) is 20.7. The Labute approximate surface area is 195 Å². The summed E-state index contributed by atoms with van der Waals surface area (Å²) in [5.41, 5.74) is 0.998. The fraction of sp³-hybridized carbons (Fsp3) is 0.621. The van der Waals surface area contributed by atoms with Crippen molar-refractivity contribution in [2.24, 2.45) is 0 Å². The van der Waals surface area contributed by atoms with Crippen LogP contribution >= 0.6 is 0 Å². The number of carbonyl (C=O) groups is 1. The van der Waals surface area contributed by atoms with Gasteiger partial charge < -0.3 is 9.47 Å². The quantitative estimate of drug-likeness (QED) is 0.182. The third kappa shape index (κ3) is 9.63. The van der Waals surface area contributed by atoms with Crippen LogP contribution in [-0.4, -0.2) is 19.7 Å². The van der Waals surface area contributed by atoms with Gasteiger partial charge in [-0.1, -0.05) is 108 Å². The molecule has 0 aromatic heterocycles. The predicted molar refractivity (Wildman–Crippen MR) is 136 cm³/mol. The van der Waals surface area contributed by atoms with Gasteiger partial charge >= 0.3 is 5.97 Å². The average molecular weight is 441 g/mol. The Hall–Kier alpha value is -2.03. The van der Waals surface area contributed by atoms with Crippen molar-refractivity contribution in [1.29, 1.82) is 0 Å². The van der Waals surface area contributed by atoms with Crippen molar-refractivity contribution in [3.63, 3.8) is 0 Å². The Balaban J connectivity index is 1.53. The summed E-state index contributed by atoms with van der Waals surface area (Å²) < 4.78 is 10.8. The van der Waals surface area contributed by atoms with E-state index in [0.717, 1.165) is 34.9 Å². The molecule has 2 aromatic rings. The second-order valence-corrected chi connectivity index (χ2v) is 9.10. The molecular weight excluding hydrogens is 396 g/mol. The zero-order valence-corrected chi connectivity index (χ0v) is 20.7. The molecule has 0 aliphatic carbocycles. The maximum Gasteiger partial charge on any atom is 0.313 e. The van der Waals surface area contributed by atoms with Gasteiger partial charge in [0, 0.05) is 0 Å². The summed E-state index contributed by atoms with van der Waals surface area (Å²) in [5.74, 6) is 0.468. The summed E-state index contributed by atoms with van der Waals surface area (Å²) in [5, 5.41) is 2.22. The number of hydrogen-bond donors (Lipinski definition) is 0. The lowest BCUT2D eigenvalue weighted by Crippen LogP contribution is -2.14. The van der Waals surface area contributed by atoms with Crippen molar-refractivity contribution < 1.29 is 14.3 Å². The van der Waals surface area contributed by atoms with Gasteiger partial charge in [0.25, 0.3) is 0 Å². The van der Waals surface area contributed by atoms with E-state index in [1.165, 1.54) is 70.6 Å². The van der Waals surface area contributed by atoms with Crippen LogP contribution in [0.4, 0.5) is 0 Å². The fourth-order valence-corrected chi connectivity index (χ4v) is 4.19. The molecule has 1 atom stereocenters. The van der Waals surface area contributed by atoms with Crippen molar-refractivity contribution in [3.8, 4) is 5.75 Å². The minimum Gasteiger partial charge on any atom is -0.497 e. The highest BCUT2D eigenvalue weighted by atomic mass is 16.5. The first kappa shape index (κ1) is 26.2. The summed E-state index contributed by atoms with van der Waals surface area (Å²) >= 11 is 0. The van der Waals surface area contributed by atoms with Gasteiger partial charge in [-0.2, -0.15) is 0 Å². The molecule has 0 saturated heterocycles. The summed E-state index contributed by atoms with van der Waals surface area (Å²) in [4.78, 5) is 12.5. The van der Waals surface area contributed by atoms with Crippen LogP contribution in [0.1, 0.15) is 109 Å². The van der Waals surface area contributed by atoms with E-state index in [4.69, 9.17) is 9.47 Å². The molecule has 0 bridgehead atoms. The number of esters is 1. The Bertz CT molecular complexity index is 783. The lowest BCUT2D eigenvalue weighted by molar-refractivity contribution is -0.145. The first-order valence-electron chi connectivity index (χ1n) is 12.9. The van der Waals surface area contributed by atoms with Crippen molar-refractivity contribution >= 4 is 16.7 Å². The number of ether oxygens (including phenoxy) is 2. The van der Waals surface area contributed by atoms with Gasteiger partial charge in [0.1, 0.15) is 5.75 Å². The molecule has 2 aromatic carbocycles. The van der Waals surface area contributed by atoms with E-state index in [1.54, 1.807) is 7.11 Å². The molecule has 0 aliphatic rings. The monoisotopic (exact) mass is 440 g/mol. The molecular formula is C29H44O3. The van der Waals surface area contributed by atoms with Crippen molar-refractivity contribution in [2.45, 2.75) is 103 Å². The van der Waals surface area contributed by atoms with E-state index < -0.39 is 0 Å². The molecule has 0 fully saturated rings. The number of fused-ring (bicyclic) bond motifs is 1.